The van der Waals surface area contributed by atoms with E-state index in [2.05, 4.69) is 0 Å². The summed E-state index contributed by atoms with van der Waals surface area (Å²) in [4.78, 5) is 0. The predicted molar refractivity (Wildman–Crippen MR) is 16.3 cm³/mol. The average molecular weight is 62.1 g/mol. The molecule has 1 heteroatoms. The summed E-state index contributed by atoms with van der Waals surface area (Å²) in [6.07, 6.45) is 0.653. The quantitative estimate of drug-likeness (QED) is 0.430. The molecule has 0 aromatic carbocycles. The molecule has 0 rings (SSSR count). The maximum Gasteiger partial charge on any atom is 0.0891 e. The summed E-state index contributed by atoms with van der Waals surface area (Å²) in [5, 5.41) is 0. The van der Waals surface area contributed by atoms with Crippen LogP contribution in [0.5, 0.6) is 0 Å². The zero-order valence-electron chi connectivity index (χ0n) is 2.79. The summed E-state index contributed by atoms with van der Waals surface area (Å²) in [6, 6.07) is 0. The molecule has 26 valence electrons. The Balaban J connectivity index is 1.97. The van der Waals surface area contributed by atoms with Gasteiger partial charge < -0.3 is 0 Å². The van der Waals surface area contributed by atoms with E-state index in [1.807, 2.05) is 0 Å². The molecule has 4 heavy (non-hydrogen) atoms. The van der Waals surface area contributed by atoms with E-state index in [0.29, 0.717) is 6.42 Å². The molecule has 0 aliphatic rings. The fourth-order valence-corrected chi connectivity index (χ4v) is 0. The highest BCUT2D eigenvalue weighted by molar-refractivity contribution is 4.11. The second-order valence-corrected chi connectivity index (χ2v) is 0.689. The summed E-state index contributed by atoms with van der Waals surface area (Å²) in [5.41, 5.74) is 0. The van der Waals surface area contributed by atoms with Crippen molar-refractivity contribution in [2.75, 3.05) is 6.67 Å². The van der Waals surface area contributed by atoms with Gasteiger partial charge in [-0.25, -0.2) is 0 Å². The van der Waals surface area contributed by atoms with Gasteiger partial charge in [0.15, 0.2) is 0 Å². The second-order valence-electron chi connectivity index (χ2n) is 0.689. The maximum absolute atomic E-state index is 10.7. The van der Waals surface area contributed by atoms with Crippen LogP contribution in [-0.4, -0.2) is 6.67 Å². The highest BCUT2D eigenvalue weighted by Crippen LogP contribution is 1.69. The molecule has 0 aromatic rings. The van der Waals surface area contributed by atoms with E-state index in [1.165, 1.54) is 0 Å². The molecule has 0 bridgehead atoms. The van der Waals surface area contributed by atoms with Crippen LogP contribution < -0.4 is 0 Å². The van der Waals surface area contributed by atoms with Gasteiger partial charge in [0, 0.05) is 0 Å². The van der Waals surface area contributed by atoms with Crippen LogP contribution in [0.1, 0.15) is 13.3 Å². The van der Waals surface area contributed by atoms with Crippen LogP contribution in [0.3, 0.4) is 0 Å². The molecule has 0 radical (unpaired) electrons. The number of halogens is 1. The standard InChI is InChI=1S/C3H7F/c1-2-3-4/h2-3H2,1H3. The van der Waals surface area contributed by atoms with E-state index in [1.54, 1.807) is 6.92 Å². The van der Waals surface area contributed by atoms with Crippen molar-refractivity contribution in [3.05, 3.63) is 0 Å². The number of hydrogen-bond acceptors (Lipinski definition) is 0. The molecule has 0 aliphatic carbocycles. The minimum Gasteiger partial charge on any atom is -0.251 e. The minimum atomic E-state index is -0.181. The zero-order valence-corrected chi connectivity index (χ0v) is 2.79. The number of hydrogen-bond donors (Lipinski definition) is 0. The topological polar surface area (TPSA) is 0 Å². The van der Waals surface area contributed by atoms with E-state index in [9.17, 15) is 4.39 Å². The van der Waals surface area contributed by atoms with Crippen LogP contribution in [0.4, 0.5) is 4.39 Å². The summed E-state index contributed by atoms with van der Waals surface area (Å²) in [7, 11) is 0. The van der Waals surface area contributed by atoms with E-state index in [-0.39, 0.29) is 6.67 Å². The van der Waals surface area contributed by atoms with Gasteiger partial charge in [0.1, 0.15) is 0 Å². The lowest BCUT2D eigenvalue weighted by Crippen LogP contribution is -1.58. The Kier molecular flexibility index (Phi) is 2.88. The molecule has 0 N–H and O–H groups in total. The summed E-state index contributed by atoms with van der Waals surface area (Å²) in [6.45, 7) is 1.62. The Bertz CT molecular complexity index is 5.25. The fourth-order valence-electron chi connectivity index (χ4n) is 0. The molecule has 0 unspecified atom stereocenters. The van der Waals surface area contributed by atoms with E-state index < -0.39 is 0 Å². The first kappa shape index (κ1) is 3.93. The maximum atomic E-state index is 10.7. The van der Waals surface area contributed by atoms with Gasteiger partial charge in [-0.3, -0.25) is 4.39 Å². The first-order chi connectivity index (χ1) is 1.91. The van der Waals surface area contributed by atoms with Crippen LogP contribution in [0.2, 0.25) is 0 Å². The molecule has 0 aromatic heterocycles. The summed E-state index contributed by atoms with van der Waals surface area (Å²) < 4.78 is 10.7. The highest BCUT2D eigenvalue weighted by Gasteiger charge is 1.60. The molecule has 0 nitrogen and oxygen atoms in total. The Morgan fingerprint density at radius 3 is 2.00 bits per heavy atom. The van der Waals surface area contributed by atoms with Crippen LogP contribution in [0.15, 0.2) is 0 Å². The highest BCUT2D eigenvalue weighted by atomic mass is 19.1. The van der Waals surface area contributed by atoms with Gasteiger partial charge in [-0.1, -0.05) is 6.92 Å². The smallest absolute Gasteiger partial charge is 0.0891 e. The first-order valence-electron chi connectivity index (χ1n) is 1.47. The van der Waals surface area contributed by atoms with Gasteiger partial charge in [0.05, 0.1) is 6.67 Å². The molecule has 0 saturated heterocycles. The van der Waals surface area contributed by atoms with Gasteiger partial charge >= 0.3 is 0 Å². The third kappa shape index (κ3) is 1.93. The minimum absolute atomic E-state index is 0.181. The van der Waals surface area contributed by atoms with Crippen molar-refractivity contribution < 1.29 is 4.39 Å². The molecule has 0 saturated carbocycles. The van der Waals surface area contributed by atoms with Crippen LogP contribution >= 0.6 is 0 Å². The SMILES string of the molecule is CCCF. The second kappa shape index (κ2) is 2.93. The first-order valence-corrected chi connectivity index (χ1v) is 1.47. The van der Waals surface area contributed by atoms with Crippen molar-refractivity contribution >= 4 is 0 Å². The van der Waals surface area contributed by atoms with Crippen molar-refractivity contribution in [2.45, 2.75) is 13.3 Å². The average Bonchev–Trinajstić information content (AvgIpc) is 1.37. The largest absolute Gasteiger partial charge is 0.251 e. The monoisotopic (exact) mass is 62.1 g/mol. The fraction of sp³-hybridized carbons (Fsp3) is 1.00. The van der Waals surface area contributed by atoms with Gasteiger partial charge in [0.25, 0.3) is 0 Å². The Labute approximate surface area is 25.6 Å². The van der Waals surface area contributed by atoms with Crippen molar-refractivity contribution in [3.63, 3.8) is 0 Å². The van der Waals surface area contributed by atoms with Crippen molar-refractivity contribution in [3.8, 4) is 0 Å². The molecule has 0 amide bonds. The van der Waals surface area contributed by atoms with Gasteiger partial charge in [0.2, 0.25) is 0 Å². The predicted octanol–water partition coefficient (Wildman–Crippen LogP) is 1.37. The third-order valence-electron chi connectivity index (χ3n) is 0.189. The van der Waals surface area contributed by atoms with Crippen molar-refractivity contribution in [1.29, 1.82) is 0 Å². The van der Waals surface area contributed by atoms with E-state index in [4.69, 9.17) is 0 Å². The third-order valence-corrected chi connectivity index (χ3v) is 0.189. The lowest BCUT2D eigenvalue weighted by atomic mass is 10.6. The molecule has 0 spiro atoms. The Morgan fingerprint density at radius 1 is 1.75 bits per heavy atom. The van der Waals surface area contributed by atoms with Crippen molar-refractivity contribution in [2.24, 2.45) is 0 Å². The molecule has 0 fully saturated rings. The van der Waals surface area contributed by atoms with E-state index in [0.717, 1.165) is 0 Å². The van der Waals surface area contributed by atoms with Gasteiger partial charge in [-0.15, -0.1) is 0 Å². The van der Waals surface area contributed by atoms with Crippen LogP contribution in [0, 0.1) is 0 Å². The summed E-state index contributed by atoms with van der Waals surface area (Å²) >= 11 is 0. The molecular weight excluding hydrogens is 55.0 g/mol. The molecule has 0 heterocycles. The van der Waals surface area contributed by atoms with Gasteiger partial charge in [-0.05, 0) is 6.42 Å². The molecule has 0 aliphatic heterocycles. The van der Waals surface area contributed by atoms with Crippen LogP contribution in [0.25, 0.3) is 0 Å². The normalized spacial score (nSPS) is 7.50. The Morgan fingerprint density at radius 2 is 2.00 bits per heavy atom. The summed E-state index contributed by atoms with van der Waals surface area (Å²) in [5.74, 6) is 0. The van der Waals surface area contributed by atoms with Gasteiger partial charge in [-0.2, -0.15) is 0 Å². The van der Waals surface area contributed by atoms with E-state index >= 15 is 0 Å². The number of alkyl halides is 1. The molecule has 0 atom stereocenters. The Hall–Kier alpha value is -0.0700. The lowest BCUT2D eigenvalue weighted by Gasteiger charge is -1.64. The van der Waals surface area contributed by atoms with Crippen molar-refractivity contribution in [1.82, 2.24) is 0 Å². The van der Waals surface area contributed by atoms with Crippen LogP contribution in [-0.2, 0) is 0 Å². The molecular formula is C3H7F. The zero-order chi connectivity index (χ0) is 3.41. The number of rotatable bonds is 1. The lowest BCUT2D eigenvalue weighted by molar-refractivity contribution is 0.487.